The van der Waals surface area contributed by atoms with Crippen LogP contribution in [0, 0.1) is 0 Å². The highest BCUT2D eigenvalue weighted by atomic mass is 16.6. The van der Waals surface area contributed by atoms with E-state index in [1.807, 2.05) is 38.9 Å². The zero-order valence-corrected chi connectivity index (χ0v) is 14.8. The molecular weight excluding hydrogens is 312 g/mol. The van der Waals surface area contributed by atoms with Crippen molar-refractivity contribution in [3.8, 4) is 11.5 Å². The van der Waals surface area contributed by atoms with E-state index >= 15 is 0 Å². The van der Waals surface area contributed by atoms with Gasteiger partial charge in [-0.3, -0.25) is 0 Å². The molecule has 0 saturated carbocycles. The Morgan fingerprint density at radius 2 is 1.92 bits per heavy atom. The maximum Gasteiger partial charge on any atom is 0.424 e. The van der Waals surface area contributed by atoms with Crippen molar-refractivity contribution >= 4 is 12.2 Å². The third-order valence-corrected chi connectivity index (χ3v) is 3.56. The van der Waals surface area contributed by atoms with Crippen molar-refractivity contribution in [2.75, 3.05) is 34.3 Å². The average Bonchev–Trinajstić information content (AvgIpc) is 2.81. The molecule has 0 bridgehead atoms. The van der Waals surface area contributed by atoms with Gasteiger partial charge in [-0.05, 0) is 34.0 Å². The van der Waals surface area contributed by atoms with Crippen LogP contribution in [0.5, 0.6) is 11.5 Å². The monoisotopic (exact) mass is 336 g/mol. The van der Waals surface area contributed by atoms with Gasteiger partial charge in [0.05, 0.1) is 0 Å². The van der Waals surface area contributed by atoms with Crippen molar-refractivity contribution in [3.05, 3.63) is 23.8 Å². The molecule has 0 unspecified atom stereocenters. The lowest BCUT2D eigenvalue weighted by molar-refractivity contribution is 0.0974. The lowest BCUT2D eigenvalue weighted by atomic mass is 10.0. The normalized spacial score (nSPS) is 14.8. The minimum atomic E-state index is -0.813. The van der Waals surface area contributed by atoms with Gasteiger partial charge >= 0.3 is 12.2 Å². The molecule has 7 nitrogen and oxygen atoms in total. The second-order valence-electron chi connectivity index (χ2n) is 6.63. The number of likely N-dealkylation sites (N-methyl/N-ethyl adjacent to an activating group) is 1. The minimum Gasteiger partial charge on any atom is -0.483 e. The fraction of sp³-hybridized carbons (Fsp3) is 0.529. The average molecular weight is 336 g/mol. The Hall–Kier alpha value is -2.28. The molecule has 0 radical (unpaired) electrons. The molecule has 24 heavy (non-hydrogen) atoms. The number of amides is 2. The number of benzene rings is 1. The molecule has 1 aliphatic rings. The highest BCUT2D eigenvalue weighted by Crippen LogP contribution is 2.41. The van der Waals surface area contributed by atoms with E-state index in [1.54, 1.807) is 12.1 Å². The fourth-order valence-corrected chi connectivity index (χ4v) is 2.32. The van der Waals surface area contributed by atoms with Crippen molar-refractivity contribution in [3.63, 3.8) is 0 Å². The Bertz CT molecular complexity index is 627. The van der Waals surface area contributed by atoms with Gasteiger partial charge in [-0.2, -0.15) is 0 Å². The smallest absolute Gasteiger partial charge is 0.424 e. The van der Waals surface area contributed by atoms with Crippen LogP contribution >= 0.6 is 0 Å². The van der Waals surface area contributed by atoms with Crippen LogP contribution in [0.25, 0.3) is 0 Å². The number of para-hydroxylation sites is 1. The van der Waals surface area contributed by atoms with Gasteiger partial charge in [0.25, 0.3) is 0 Å². The maximum absolute atomic E-state index is 12.1. The summed E-state index contributed by atoms with van der Waals surface area (Å²) < 4.78 is 16.2. The quantitative estimate of drug-likeness (QED) is 0.842. The molecule has 2 amide bonds. The number of rotatable bonds is 4. The Kier molecular flexibility index (Phi) is 5.33. The van der Waals surface area contributed by atoms with Gasteiger partial charge in [0.15, 0.2) is 11.5 Å². The van der Waals surface area contributed by atoms with Gasteiger partial charge in [0, 0.05) is 25.6 Å². The molecule has 1 aromatic carbocycles. The van der Waals surface area contributed by atoms with Crippen LogP contribution in [0.1, 0.15) is 19.4 Å². The van der Waals surface area contributed by atoms with Crippen LogP contribution < -0.4 is 9.47 Å². The summed E-state index contributed by atoms with van der Waals surface area (Å²) in [6.07, 6.45) is -0.835. The van der Waals surface area contributed by atoms with Crippen LogP contribution in [-0.2, 0) is 11.2 Å². The number of carbonyl (C=O) groups is 2. The molecular formula is C17H24N2O5. The van der Waals surface area contributed by atoms with Gasteiger partial charge in [-0.15, -0.1) is 0 Å². The van der Waals surface area contributed by atoms with Gasteiger partial charge in [-0.25, -0.2) is 14.5 Å². The summed E-state index contributed by atoms with van der Waals surface area (Å²) >= 11 is 0. The topological polar surface area (TPSA) is 68.3 Å². The number of ether oxygens (including phenoxy) is 3. The van der Waals surface area contributed by atoms with Gasteiger partial charge in [0.1, 0.15) is 12.2 Å². The summed E-state index contributed by atoms with van der Waals surface area (Å²) in [5.74, 6) is 0.848. The molecule has 1 aliphatic heterocycles. The summed E-state index contributed by atoms with van der Waals surface area (Å²) in [5.41, 5.74) is 0.628. The highest BCUT2D eigenvalue weighted by molar-refractivity contribution is 5.88. The van der Waals surface area contributed by atoms with E-state index < -0.39 is 12.2 Å². The first-order valence-electron chi connectivity index (χ1n) is 7.77. The van der Waals surface area contributed by atoms with Gasteiger partial charge in [0.2, 0.25) is 0 Å². The van der Waals surface area contributed by atoms with Crippen molar-refractivity contribution in [2.45, 2.75) is 25.9 Å². The zero-order chi connectivity index (χ0) is 17.9. The zero-order valence-electron chi connectivity index (χ0n) is 14.8. The Balaban J connectivity index is 1.98. The molecule has 0 N–H and O–H groups in total. The van der Waals surface area contributed by atoms with Gasteiger partial charge in [-0.1, -0.05) is 12.1 Å². The van der Waals surface area contributed by atoms with E-state index in [4.69, 9.17) is 14.2 Å². The van der Waals surface area contributed by atoms with E-state index in [-0.39, 0.29) is 12.2 Å². The second-order valence-corrected chi connectivity index (χ2v) is 6.63. The highest BCUT2D eigenvalue weighted by Gasteiger charge is 2.33. The van der Waals surface area contributed by atoms with Crippen LogP contribution in [-0.4, -0.2) is 61.9 Å². The minimum absolute atomic E-state index is 0.196. The van der Waals surface area contributed by atoms with Crippen molar-refractivity contribution in [1.82, 2.24) is 9.80 Å². The van der Waals surface area contributed by atoms with E-state index in [0.717, 1.165) is 16.9 Å². The van der Waals surface area contributed by atoms with E-state index in [9.17, 15) is 9.59 Å². The molecule has 1 heterocycles. The first-order valence-corrected chi connectivity index (χ1v) is 7.77. The molecule has 0 fully saturated rings. The predicted octanol–water partition coefficient (Wildman–Crippen LogP) is 2.53. The third kappa shape index (κ3) is 4.38. The standard InChI is InChI=1S/C17H24N2O5/c1-17(2)11-12-7-6-8-13(14(12)24-17)23-16(21)19(5)15(20)22-10-9-18(3)4/h6-8H,9-11H2,1-5H3. The summed E-state index contributed by atoms with van der Waals surface area (Å²) in [4.78, 5) is 26.7. The number of nitrogens with zero attached hydrogens (tertiary/aromatic N) is 2. The van der Waals surface area contributed by atoms with Crippen LogP contribution in [0.2, 0.25) is 0 Å². The maximum atomic E-state index is 12.1. The van der Waals surface area contributed by atoms with E-state index in [1.165, 1.54) is 7.05 Å². The first-order chi connectivity index (χ1) is 11.2. The van der Waals surface area contributed by atoms with E-state index in [2.05, 4.69) is 0 Å². The molecule has 132 valence electrons. The third-order valence-electron chi connectivity index (χ3n) is 3.56. The summed E-state index contributed by atoms with van der Waals surface area (Å²) in [7, 11) is 5.04. The lowest BCUT2D eigenvalue weighted by Gasteiger charge is -2.19. The Labute approximate surface area is 142 Å². The summed E-state index contributed by atoms with van der Waals surface area (Å²) in [5, 5.41) is 0. The number of carbonyl (C=O) groups excluding carboxylic acids is 2. The van der Waals surface area contributed by atoms with Crippen molar-refractivity contribution < 1.29 is 23.8 Å². The van der Waals surface area contributed by atoms with Crippen molar-refractivity contribution in [1.29, 1.82) is 0 Å². The largest absolute Gasteiger partial charge is 0.483 e. The SMILES string of the molecule is CN(C)CCOC(=O)N(C)C(=O)Oc1cccc2c1OC(C)(C)C2. The van der Waals surface area contributed by atoms with Crippen LogP contribution in [0.15, 0.2) is 18.2 Å². The van der Waals surface area contributed by atoms with Crippen LogP contribution in [0.3, 0.4) is 0 Å². The number of fused-ring (bicyclic) bond motifs is 1. The molecule has 0 aliphatic carbocycles. The number of imide groups is 1. The molecule has 0 spiro atoms. The number of hydrogen-bond acceptors (Lipinski definition) is 6. The lowest BCUT2D eigenvalue weighted by Crippen LogP contribution is -2.37. The molecule has 0 atom stereocenters. The Morgan fingerprint density at radius 3 is 2.58 bits per heavy atom. The first kappa shape index (κ1) is 18.1. The summed E-state index contributed by atoms with van der Waals surface area (Å²) in [6.45, 7) is 4.70. The summed E-state index contributed by atoms with van der Waals surface area (Å²) in [6, 6.07) is 5.37. The molecule has 7 heteroatoms. The molecule has 2 rings (SSSR count). The molecule has 0 saturated heterocycles. The van der Waals surface area contributed by atoms with E-state index in [0.29, 0.717) is 18.0 Å². The molecule has 1 aromatic rings. The second kappa shape index (κ2) is 7.09. The Morgan fingerprint density at radius 1 is 1.21 bits per heavy atom. The fourth-order valence-electron chi connectivity index (χ4n) is 2.32. The van der Waals surface area contributed by atoms with Crippen LogP contribution in [0.4, 0.5) is 9.59 Å². The predicted molar refractivity (Wildman–Crippen MR) is 88.5 cm³/mol. The number of hydrogen-bond donors (Lipinski definition) is 0. The van der Waals surface area contributed by atoms with Gasteiger partial charge < -0.3 is 19.1 Å². The molecule has 0 aromatic heterocycles. The van der Waals surface area contributed by atoms with Crippen molar-refractivity contribution in [2.24, 2.45) is 0 Å².